The third kappa shape index (κ3) is 4.29. The highest BCUT2D eigenvalue weighted by atomic mass is 32.2. The summed E-state index contributed by atoms with van der Waals surface area (Å²) in [5.74, 6) is 0.0131. The van der Waals surface area contributed by atoms with Crippen molar-refractivity contribution in [1.82, 2.24) is 9.97 Å². The number of rotatable bonds is 6. The molecule has 2 aromatic rings. The number of nitrogens with zero attached hydrogens (tertiary/aromatic N) is 2. The summed E-state index contributed by atoms with van der Waals surface area (Å²) >= 11 is 1.38. The van der Waals surface area contributed by atoms with E-state index in [1.807, 2.05) is 13.2 Å². The van der Waals surface area contributed by atoms with E-state index in [9.17, 15) is 8.78 Å². The zero-order valence-electron chi connectivity index (χ0n) is 11.8. The van der Waals surface area contributed by atoms with Crippen LogP contribution in [0.5, 0.6) is 0 Å². The molecule has 0 atom stereocenters. The minimum absolute atomic E-state index is 0.0437. The number of halogens is 2. The summed E-state index contributed by atoms with van der Waals surface area (Å²) in [6.45, 7) is 2.82. The molecule has 0 bridgehead atoms. The van der Waals surface area contributed by atoms with Crippen LogP contribution in [0.3, 0.4) is 0 Å². The first-order valence-electron chi connectivity index (χ1n) is 6.51. The number of nitrogens with one attached hydrogen (secondary N) is 2. The van der Waals surface area contributed by atoms with Gasteiger partial charge in [0.1, 0.15) is 23.3 Å². The minimum Gasteiger partial charge on any atom is -0.370 e. The summed E-state index contributed by atoms with van der Waals surface area (Å²) in [5, 5.41) is 6.49. The van der Waals surface area contributed by atoms with E-state index >= 15 is 0 Å². The van der Waals surface area contributed by atoms with Crippen LogP contribution in [0, 0.1) is 11.6 Å². The zero-order valence-corrected chi connectivity index (χ0v) is 12.6. The Morgan fingerprint density at radius 3 is 2.62 bits per heavy atom. The van der Waals surface area contributed by atoms with E-state index < -0.39 is 11.6 Å². The Morgan fingerprint density at radius 2 is 1.90 bits per heavy atom. The standard InChI is InChI=1S/C14H16F2N4S/c1-3-6-17-12-8-13(20-14(19-12)21-2)18-11-7-9(15)4-5-10(11)16/h4-5,7-8H,3,6H2,1-2H3,(H2,17,18,19,20). The molecule has 2 rings (SSSR count). The van der Waals surface area contributed by atoms with Crippen LogP contribution in [0.15, 0.2) is 29.4 Å². The van der Waals surface area contributed by atoms with Crippen LogP contribution in [0.4, 0.5) is 26.1 Å². The lowest BCUT2D eigenvalue weighted by atomic mass is 10.3. The maximum Gasteiger partial charge on any atom is 0.191 e. The van der Waals surface area contributed by atoms with Crippen LogP contribution in [-0.4, -0.2) is 22.8 Å². The van der Waals surface area contributed by atoms with Crippen LogP contribution in [0.1, 0.15) is 13.3 Å². The van der Waals surface area contributed by atoms with Gasteiger partial charge in [-0.05, 0) is 24.8 Å². The van der Waals surface area contributed by atoms with Crippen LogP contribution >= 0.6 is 11.8 Å². The molecule has 0 spiro atoms. The fourth-order valence-corrected chi connectivity index (χ4v) is 2.03. The van der Waals surface area contributed by atoms with E-state index in [2.05, 4.69) is 20.6 Å². The topological polar surface area (TPSA) is 49.8 Å². The first-order valence-corrected chi connectivity index (χ1v) is 7.74. The van der Waals surface area contributed by atoms with Crippen molar-refractivity contribution in [3.05, 3.63) is 35.9 Å². The van der Waals surface area contributed by atoms with Crippen LogP contribution in [0.25, 0.3) is 0 Å². The van der Waals surface area contributed by atoms with Crippen molar-refractivity contribution in [2.24, 2.45) is 0 Å². The summed E-state index contributed by atoms with van der Waals surface area (Å²) < 4.78 is 26.8. The Morgan fingerprint density at radius 1 is 1.14 bits per heavy atom. The minimum atomic E-state index is -0.538. The van der Waals surface area contributed by atoms with Crippen LogP contribution < -0.4 is 10.6 Å². The van der Waals surface area contributed by atoms with Gasteiger partial charge in [-0.15, -0.1) is 0 Å². The lowest BCUT2D eigenvalue weighted by molar-refractivity contribution is 0.603. The van der Waals surface area contributed by atoms with Crippen molar-refractivity contribution in [3.63, 3.8) is 0 Å². The number of aromatic nitrogens is 2. The van der Waals surface area contributed by atoms with Gasteiger partial charge in [0.05, 0.1) is 5.69 Å². The van der Waals surface area contributed by atoms with Gasteiger partial charge in [0.2, 0.25) is 0 Å². The second-order valence-electron chi connectivity index (χ2n) is 4.30. The molecule has 0 saturated heterocycles. The average Bonchev–Trinajstić information content (AvgIpc) is 2.48. The Labute approximate surface area is 126 Å². The fraction of sp³-hybridized carbons (Fsp3) is 0.286. The van der Waals surface area contributed by atoms with Crippen molar-refractivity contribution < 1.29 is 8.78 Å². The van der Waals surface area contributed by atoms with Crippen LogP contribution in [-0.2, 0) is 0 Å². The molecule has 0 unspecified atom stereocenters. The summed E-state index contributed by atoms with van der Waals surface area (Å²) in [6, 6.07) is 4.90. The molecule has 0 aliphatic rings. The van der Waals surface area contributed by atoms with Gasteiger partial charge < -0.3 is 10.6 Å². The van der Waals surface area contributed by atoms with Gasteiger partial charge in [0.15, 0.2) is 5.16 Å². The highest BCUT2D eigenvalue weighted by Crippen LogP contribution is 2.23. The quantitative estimate of drug-likeness (QED) is 0.623. The summed E-state index contributed by atoms with van der Waals surface area (Å²) in [5.41, 5.74) is 0.0437. The molecule has 21 heavy (non-hydrogen) atoms. The SMILES string of the molecule is CCCNc1cc(Nc2cc(F)ccc2F)nc(SC)n1. The first kappa shape index (κ1) is 15.5. The van der Waals surface area contributed by atoms with E-state index in [4.69, 9.17) is 0 Å². The Kier molecular flexibility index (Phi) is 5.32. The molecule has 7 heteroatoms. The Bertz CT molecular complexity index is 622. The average molecular weight is 310 g/mol. The number of thioether (sulfide) groups is 1. The lowest BCUT2D eigenvalue weighted by Crippen LogP contribution is -2.05. The fourth-order valence-electron chi connectivity index (χ4n) is 1.66. The molecular formula is C14H16F2N4S. The van der Waals surface area contributed by atoms with Gasteiger partial charge in [0.25, 0.3) is 0 Å². The zero-order chi connectivity index (χ0) is 15.2. The van der Waals surface area contributed by atoms with E-state index in [-0.39, 0.29) is 5.69 Å². The lowest BCUT2D eigenvalue weighted by Gasteiger charge is -2.11. The predicted molar refractivity (Wildman–Crippen MR) is 82.2 cm³/mol. The molecule has 1 aromatic heterocycles. The molecule has 0 fully saturated rings. The smallest absolute Gasteiger partial charge is 0.191 e. The molecule has 0 aliphatic carbocycles. The maximum absolute atomic E-state index is 13.6. The molecule has 1 aromatic carbocycles. The van der Waals surface area contributed by atoms with Gasteiger partial charge in [-0.25, -0.2) is 18.7 Å². The molecule has 4 nitrogen and oxygen atoms in total. The van der Waals surface area contributed by atoms with Gasteiger partial charge in [-0.1, -0.05) is 18.7 Å². The Balaban J connectivity index is 2.27. The van der Waals surface area contributed by atoms with E-state index in [0.717, 1.165) is 31.2 Å². The molecule has 0 radical (unpaired) electrons. The van der Waals surface area contributed by atoms with Gasteiger partial charge in [-0.3, -0.25) is 0 Å². The van der Waals surface area contributed by atoms with Gasteiger partial charge in [0, 0.05) is 18.7 Å². The molecule has 0 amide bonds. The number of hydrogen-bond donors (Lipinski definition) is 2. The number of hydrogen-bond acceptors (Lipinski definition) is 5. The number of benzene rings is 1. The highest BCUT2D eigenvalue weighted by Gasteiger charge is 2.08. The maximum atomic E-state index is 13.6. The van der Waals surface area contributed by atoms with E-state index in [1.54, 1.807) is 6.07 Å². The van der Waals surface area contributed by atoms with Gasteiger partial charge >= 0.3 is 0 Å². The van der Waals surface area contributed by atoms with Crippen molar-refractivity contribution in [1.29, 1.82) is 0 Å². The molecule has 0 aliphatic heterocycles. The third-order valence-electron chi connectivity index (χ3n) is 2.64. The predicted octanol–water partition coefficient (Wildman–Crippen LogP) is 4.04. The van der Waals surface area contributed by atoms with Crippen molar-refractivity contribution >= 4 is 29.1 Å². The highest BCUT2D eigenvalue weighted by molar-refractivity contribution is 7.98. The van der Waals surface area contributed by atoms with Crippen molar-refractivity contribution in [3.8, 4) is 0 Å². The Hall–Kier alpha value is -1.89. The third-order valence-corrected chi connectivity index (χ3v) is 3.18. The van der Waals surface area contributed by atoms with Crippen LogP contribution in [0.2, 0.25) is 0 Å². The largest absolute Gasteiger partial charge is 0.370 e. The number of anilines is 3. The molecule has 2 N–H and O–H groups in total. The summed E-state index contributed by atoms with van der Waals surface area (Å²) in [4.78, 5) is 8.54. The van der Waals surface area contributed by atoms with E-state index in [1.165, 1.54) is 11.8 Å². The molecule has 112 valence electrons. The molecular weight excluding hydrogens is 294 g/mol. The normalized spacial score (nSPS) is 10.5. The molecule has 0 saturated carbocycles. The monoisotopic (exact) mass is 310 g/mol. The summed E-state index contributed by atoms with van der Waals surface area (Å²) in [6.07, 6.45) is 2.81. The van der Waals surface area contributed by atoms with E-state index in [0.29, 0.717) is 16.8 Å². The second-order valence-corrected chi connectivity index (χ2v) is 5.07. The van der Waals surface area contributed by atoms with Gasteiger partial charge in [-0.2, -0.15) is 0 Å². The van der Waals surface area contributed by atoms with Crippen molar-refractivity contribution in [2.45, 2.75) is 18.5 Å². The first-order chi connectivity index (χ1) is 10.1. The van der Waals surface area contributed by atoms with Crippen molar-refractivity contribution in [2.75, 3.05) is 23.4 Å². The summed E-state index contributed by atoms with van der Waals surface area (Å²) in [7, 11) is 0. The second kappa shape index (κ2) is 7.21. The molecule has 1 heterocycles.